The quantitative estimate of drug-likeness (QED) is 0.802. The standard InChI is InChI=1S/C10H20N4S/c1-9(2,3)14(10(4,5)6)8-13-12-7(11)15-8/h1-6H3,(H2,11,12). The average molecular weight is 228 g/mol. The van der Waals surface area contributed by atoms with Gasteiger partial charge >= 0.3 is 0 Å². The molecule has 15 heavy (non-hydrogen) atoms. The number of nitrogens with two attached hydrogens (primary N) is 1. The first-order valence-corrected chi connectivity index (χ1v) is 5.83. The number of aromatic nitrogens is 2. The second-order valence-electron chi connectivity index (χ2n) is 5.60. The molecule has 1 aromatic rings. The maximum Gasteiger partial charge on any atom is 0.210 e. The number of hydrogen-bond donors (Lipinski definition) is 1. The van der Waals surface area contributed by atoms with Crippen LogP contribution in [0.4, 0.5) is 10.3 Å². The Hall–Kier alpha value is -0.840. The minimum absolute atomic E-state index is 0.00419. The van der Waals surface area contributed by atoms with Crippen LogP contribution in [0.3, 0.4) is 0 Å². The largest absolute Gasteiger partial charge is 0.374 e. The highest BCUT2D eigenvalue weighted by Crippen LogP contribution is 2.34. The predicted molar refractivity (Wildman–Crippen MR) is 66.3 cm³/mol. The van der Waals surface area contributed by atoms with Crippen molar-refractivity contribution in [1.29, 1.82) is 0 Å². The van der Waals surface area contributed by atoms with Gasteiger partial charge in [-0.3, -0.25) is 0 Å². The summed E-state index contributed by atoms with van der Waals surface area (Å²) in [5.74, 6) is 0. The fourth-order valence-electron chi connectivity index (χ4n) is 1.90. The van der Waals surface area contributed by atoms with Gasteiger partial charge in [0.05, 0.1) is 0 Å². The van der Waals surface area contributed by atoms with Crippen molar-refractivity contribution in [1.82, 2.24) is 10.2 Å². The van der Waals surface area contributed by atoms with Crippen molar-refractivity contribution in [2.24, 2.45) is 0 Å². The molecule has 0 aliphatic rings. The van der Waals surface area contributed by atoms with Crippen LogP contribution in [0.15, 0.2) is 0 Å². The molecule has 0 saturated carbocycles. The summed E-state index contributed by atoms with van der Waals surface area (Å²) in [6.07, 6.45) is 0. The molecule has 0 aliphatic heterocycles. The van der Waals surface area contributed by atoms with E-state index in [1.165, 1.54) is 11.3 Å². The van der Waals surface area contributed by atoms with Gasteiger partial charge in [0.25, 0.3) is 0 Å². The minimum Gasteiger partial charge on any atom is -0.374 e. The van der Waals surface area contributed by atoms with Crippen LogP contribution in [-0.4, -0.2) is 21.3 Å². The molecule has 0 atom stereocenters. The molecule has 0 aliphatic carbocycles. The predicted octanol–water partition coefficient (Wildman–Crippen LogP) is 2.52. The lowest BCUT2D eigenvalue weighted by Gasteiger charge is -2.45. The molecule has 0 unspecified atom stereocenters. The lowest BCUT2D eigenvalue weighted by molar-refractivity contribution is 0.379. The Balaban J connectivity index is 3.14. The molecule has 0 fully saturated rings. The van der Waals surface area contributed by atoms with Gasteiger partial charge in [-0.25, -0.2) is 0 Å². The van der Waals surface area contributed by atoms with Gasteiger partial charge in [-0.15, -0.1) is 10.2 Å². The molecule has 4 nitrogen and oxygen atoms in total. The fraction of sp³-hybridized carbons (Fsp3) is 0.800. The van der Waals surface area contributed by atoms with Crippen molar-refractivity contribution in [2.45, 2.75) is 52.6 Å². The monoisotopic (exact) mass is 228 g/mol. The molecule has 2 N–H and O–H groups in total. The maximum absolute atomic E-state index is 5.62. The summed E-state index contributed by atoms with van der Waals surface area (Å²) in [6, 6.07) is 0. The molecule has 0 aromatic carbocycles. The van der Waals surface area contributed by atoms with E-state index in [1.54, 1.807) is 0 Å². The molecule has 0 amide bonds. The second kappa shape index (κ2) is 3.63. The first kappa shape index (κ1) is 12.2. The summed E-state index contributed by atoms with van der Waals surface area (Å²) < 4.78 is 0. The van der Waals surface area contributed by atoms with Crippen molar-refractivity contribution < 1.29 is 0 Å². The van der Waals surface area contributed by atoms with Gasteiger partial charge in [0.2, 0.25) is 10.3 Å². The van der Waals surface area contributed by atoms with Crippen molar-refractivity contribution in [3.05, 3.63) is 0 Å². The fourth-order valence-corrected chi connectivity index (χ4v) is 2.89. The number of nitrogen functional groups attached to an aromatic ring is 1. The van der Waals surface area contributed by atoms with E-state index < -0.39 is 0 Å². The molecule has 1 aromatic heterocycles. The van der Waals surface area contributed by atoms with Gasteiger partial charge in [0, 0.05) is 11.1 Å². The third-order valence-corrected chi connectivity index (χ3v) is 2.70. The zero-order valence-electron chi connectivity index (χ0n) is 10.3. The Morgan fingerprint density at radius 3 is 1.73 bits per heavy atom. The molecule has 0 radical (unpaired) electrons. The highest BCUT2D eigenvalue weighted by Gasteiger charge is 2.33. The Bertz CT molecular complexity index is 318. The van der Waals surface area contributed by atoms with Gasteiger partial charge in [0.15, 0.2) is 0 Å². The van der Waals surface area contributed by atoms with E-state index in [4.69, 9.17) is 5.73 Å². The number of hydrogen-bond acceptors (Lipinski definition) is 5. The molecule has 0 spiro atoms. The molecule has 0 bridgehead atoms. The van der Waals surface area contributed by atoms with Gasteiger partial charge < -0.3 is 10.6 Å². The number of rotatable bonds is 1. The summed E-state index contributed by atoms with van der Waals surface area (Å²) in [5, 5.41) is 9.39. The minimum atomic E-state index is 0.00419. The van der Waals surface area contributed by atoms with Crippen LogP contribution in [0, 0.1) is 0 Å². The average Bonchev–Trinajstić information content (AvgIpc) is 2.28. The lowest BCUT2D eigenvalue weighted by atomic mass is 9.97. The van der Waals surface area contributed by atoms with Crippen LogP contribution < -0.4 is 10.6 Å². The molecule has 1 rings (SSSR count). The van der Waals surface area contributed by atoms with Crippen LogP contribution in [0.5, 0.6) is 0 Å². The smallest absolute Gasteiger partial charge is 0.210 e. The Morgan fingerprint density at radius 1 is 1.00 bits per heavy atom. The number of anilines is 2. The molecule has 1 heterocycles. The maximum atomic E-state index is 5.62. The van der Waals surface area contributed by atoms with E-state index in [0.717, 1.165) is 5.13 Å². The Kier molecular flexibility index (Phi) is 2.96. The highest BCUT2D eigenvalue weighted by molar-refractivity contribution is 7.18. The SMILES string of the molecule is CC(C)(C)N(c1nnc(N)s1)C(C)(C)C. The zero-order chi connectivity index (χ0) is 11.9. The van der Waals surface area contributed by atoms with Gasteiger partial charge in [0.1, 0.15) is 0 Å². The zero-order valence-corrected chi connectivity index (χ0v) is 11.1. The topological polar surface area (TPSA) is 55.0 Å². The molecular formula is C10H20N4S. The third kappa shape index (κ3) is 2.81. The van der Waals surface area contributed by atoms with Crippen molar-refractivity contribution in [2.75, 3.05) is 10.6 Å². The van der Waals surface area contributed by atoms with Gasteiger partial charge in [-0.1, -0.05) is 11.3 Å². The van der Waals surface area contributed by atoms with Gasteiger partial charge in [-0.2, -0.15) is 0 Å². The first-order valence-electron chi connectivity index (χ1n) is 5.01. The van der Waals surface area contributed by atoms with E-state index in [1.807, 2.05) is 0 Å². The van der Waals surface area contributed by atoms with Crippen LogP contribution in [-0.2, 0) is 0 Å². The highest BCUT2D eigenvalue weighted by atomic mass is 32.1. The van der Waals surface area contributed by atoms with Crippen molar-refractivity contribution >= 4 is 21.6 Å². The Morgan fingerprint density at radius 2 is 1.47 bits per heavy atom. The number of nitrogens with zero attached hydrogens (tertiary/aromatic N) is 3. The van der Waals surface area contributed by atoms with E-state index in [9.17, 15) is 0 Å². The normalized spacial score (nSPS) is 12.9. The third-order valence-electron chi connectivity index (χ3n) is 1.96. The summed E-state index contributed by atoms with van der Waals surface area (Å²) in [6.45, 7) is 13.0. The van der Waals surface area contributed by atoms with E-state index in [0.29, 0.717) is 5.13 Å². The molecule has 5 heteroatoms. The summed E-state index contributed by atoms with van der Waals surface area (Å²) >= 11 is 1.43. The lowest BCUT2D eigenvalue weighted by Crippen LogP contribution is -2.53. The Labute approximate surface area is 95.5 Å². The van der Waals surface area contributed by atoms with Crippen LogP contribution >= 0.6 is 11.3 Å². The van der Waals surface area contributed by atoms with E-state index >= 15 is 0 Å². The summed E-state index contributed by atoms with van der Waals surface area (Å²) in [5.41, 5.74) is 5.63. The van der Waals surface area contributed by atoms with Crippen LogP contribution in [0.25, 0.3) is 0 Å². The summed E-state index contributed by atoms with van der Waals surface area (Å²) in [7, 11) is 0. The molecular weight excluding hydrogens is 208 g/mol. The van der Waals surface area contributed by atoms with E-state index in [2.05, 4.69) is 56.6 Å². The van der Waals surface area contributed by atoms with Crippen LogP contribution in [0.1, 0.15) is 41.5 Å². The first-order chi connectivity index (χ1) is 6.62. The van der Waals surface area contributed by atoms with Crippen LogP contribution in [0.2, 0.25) is 0 Å². The second-order valence-corrected chi connectivity index (χ2v) is 6.59. The van der Waals surface area contributed by atoms with E-state index in [-0.39, 0.29) is 11.1 Å². The summed E-state index contributed by atoms with van der Waals surface area (Å²) in [4.78, 5) is 2.24. The van der Waals surface area contributed by atoms with Crippen molar-refractivity contribution in [3.8, 4) is 0 Å². The van der Waals surface area contributed by atoms with Crippen molar-refractivity contribution in [3.63, 3.8) is 0 Å². The van der Waals surface area contributed by atoms with Gasteiger partial charge in [-0.05, 0) is 41.5 Å². The molecule has 86 valence electrons. The molecule has 0 saturated heterocycles.